The van der Waals surface area contributed by atoms with Gasteiger partial charge in [0, 0.05) is 5.02 Å². The zero-order valence-corrected chi connectivity index (χ0v) is 10.4. The maximum atomic E-state index is 9.43. The number of hydrogen-bond donors (Lipinski definition) is 1. The second kappa shape index (κ2) is 4.77. The highest BCUT2D eigenvalue weighted by atomic mass is 35.5. The van der Waals surface area contributed by atoms with Gasteiger partial charge in [0.15, 0.2) is 0 Å². The molecule has 4 heteroatoms. The zero-order chi connectivity index (χ0) is 12.5. The van der Waals surface area contributed by atoms with Crippen LogP contribution in [-0.2, 0) is 11.3 Å². The van der Waals surface area contributed by atoms with E-state index in [4.69, 9.17) is 16.3 Å². The van der Waals surface area contributed by atoms with Crippen molar-refractivity contribution in [3.05, 3.63) is 64.2 Å². The number of aliphatic hydroxyl groups excluding tert-OH is 1. The fourth-order valence-corrected chi connectivity index (χ4v) is 2.47. The van der Waals surface area contributed by atoms with E-state index < -0.39 is 0 Å². The Morgan fingerprint density at radius 3 is 2.83 bits per heavy atom. The molecule has 2 aromatic carbocycles. The Balaban J connectivity index is 2.07. The van der Waals surface area contributed by atoms with Crippen molar-refractivity contribution in [1.29, 1.82) is 0 Å². The summed E-state index contributed by atoms with van der Waals surface area (Å²) in [5.41, 5.74) is 3.97. The summed E-state index contributed by atoms with van der Waals surface area (Å²) in [6, 6.07) is 13.5. The molecule has 0 amide bonds. The van der Waals surface area contributed by atoms with Gasteiger partial charge in [-0.2, -0.15) is 0 Å². The molecule has 0 saturated heterocycles. The van der Waals surface area contributed by atoms with Crippen molar-refractivity contribution in [2.45, 2.75) is 12.7 Å². The van der Waals surface area contributed by atoms with E-state index in [0.29, 0.717) is 5.02 Å². The van der Waals surface area contributed by atoms with Gasteiger partial charge in [0.1, 0.15) is 0 Å². The molecule has 2 nitrogen and oxygen atoms in total. The summed E-state index contributed by atoms with van der Waals surface area (Å²) in [4.78, 5) is 0. The van der Waals surface area contributed by atoms with Gasteiger partial charge >= 0.3 is 7.48 Å². The van der Waals surface area contributed by atoms with Gasteiger partial charge in [-0.25, -0.2) is 0 Å². The van der Waals surface area contributed by atoms with Crippen molar-refractivity contribution in [2.75, 3.05) is 0 Å². The molecule has 1 unspecified atom stereocenters. The van der Waals surface area contributed by atoms with E-state index in [-0.39, 0.29) is 12.7 Å². The lowest BCUT2D eigenvalue weighted by Crippen LogP contribution is -2.09. The topological polar surface area (TPSA) is 29.5 Å². The van der Waals surface area contributed by atoms with Gasteiger partial charge in [-0.15, -0.1) is 0 Å². The molecule has 2 aromatic rings. The summed E-state index contributed by atoms with van der Waals surface area (Å²) in [7, 11) is 1.76. The fourth-order valence-electron chi connectivity index (χ4n) is 2.28. The van der Waals surface area contributed by atoms with Gasteiger partial charge in [0.25, 0.3) is 0 Å². The summed E-state index contributed by atoms with van der Waals surface area (Å²) < 4.78 is 5.71. The molecule has 1 heterocycles. The third-order valence-electron chi connectivity index (χ3n) is 3.17. The molecular weight excluding hydrogens is 246 g/mol. The Kier molecular flexibility index (Phi) is 3.12. The quantitative estimate of drug-likeness (QED) is 0.836. The van der Waals surface area contributed by atoms with Crippen LogP contribution in [0.5, 0.6) is 0 Å². The lowest BCUT2D eigenvalue weighted by molar-refractivity contribution is 0.258. The first kappa shape index (κ1) is 11.8. The molecule has 1 aliphatic heterocycles. The fraction of sp³-hybridized carbons (Fsp3) is 0.143. The van der Waals surface area contributed by atoms with E-state index in [9.17, 15) is 5.11 Å². The Labute approximate surface area is 111 Å². The normalized spacial score (nSPS) is 17.3. The van der Waals surface area contributed by atoms with Crippen LogP contribution < -0.4 is 5.46 Å². The summed E-state index contributed by atoms with van der Waals surface area (Å²) in [5, 5.41) is 10.0. The minimum Gasteiger partial charge on any atom is -0.424 e. The number of rotatable bonds is 2. The molecule has 0 aliphatic carbocycles. The van der Waals surface area contributed by atoms with Crippen LogP contribution in [0, 0.1) is 0 Å². The third-order valence-corrected chi connectivity index (χ3v) is 3.40. The molecule has 3 rings (SSSR count). The number of halogens is 1. The highest BCUT2D eigenvalue weighted by Gasteiger charge is 2.26. The van der Waals surface area contributed by atoms with Crippen molar-refractivity contribution >= 4 is 24.5 Å². The van der Waals surface area contributed by atoms with Crippen LogP contribution in [0.1, 0.15) is 22.8 Å². The maximum absolute atomic E-state index is 9.43. The average molecular weight is 258 g/mol. The van der Waals surface area contributed by atoms with Gasteiger partial charge in [0.05, 0.1) is 12.7 Å². The predicted octanol–water partition coefficient (Wildman–Crippen LogP) is 2.20. The van der Waals surface area contributed by atoms with E-state index in [0.717, 1.165) is 22.2 Å². The van der Waals surface area contributed by atoms with Gasteiger partial charge < -0.3 is 9.76 Å². The minimum absolute atomic E-state index is 0.0437. The van der Waals surface area contributed by atoms with Crippen molar-refractivity contribution < 1.29 is 9.76 Å². The monoisotopic (exact) mass is 257 g/mol. The first-order valence-electron chi connectivity index (χ1n) is 5.76. The van der Waals surface area contributed by atoms with Crippen molar-refractivity contribution in [3.63, 3.8) is 0 Å². The summed E-state index contributed by atoms with van der Waals surface area (Å²) in [6.07, 6.45) is -0.152. The van der Waals surface area contributed by atoms with E-state index >= 15 is 0 Å². The SMILES string of the molecule is OCc1cc(Cl)ccc1C1O[B]c2ccccc21. The lowest BCUT2D eigenvalue weighted by atomic mass is 9.86. The molecule has 1 N–H and O–H groups in total. The number of fused-ring (bicyclic) bond motifs is 1. The molecule has 1 aliphatic rings. The van der Waals surface area contributed by atoms with E-state index in [1.807, 2.05) is 36.4 Å². The third kappa shape index (κ3) is 1.95. The minimum atomic E-state index is -0.152. The van der Waals surface area contributed by atoms with Crippen LogP contribution in [-0.4, -0.2) is 12.6 Å². The predicted molar refractivity (Wildman–Crippen MR) is 72.1 cm³/mol. The molecule has 1 atom stereocenters. The summed E-state index contributed by atoms with van der Waals surface area (Å²) in [6.45, 7) is -0.0437. The van der Waals surface area contributed by atoms with Gasteiger partial charge in [-0.1, -0.05) is 41.9 Å². The van der Waals surface area contributed by atoms with Gasteiger partial charge in [-0.05, 0) is 34.3 Å². The van der Waals surface area contributed by atoms with Crippen LogP contribution in [0.25, 0.3) is 0 Å². The summed E-state index contributed by atoms with van der Waals surface area (Å²) in [5.74, 6) is 0. The largest absolute Gasteiger partial charge is 0.424 e. The molecule has 0 saturated carbocycles. The molecule has 18 heavy (non-hydrogen) atoms. The molecule has 1 radical (unpaired) electrons. The Bertz CT molecular complexity index is 586. The molecular formula is C14H11BClO2. The van der Waals surface area contributed by atoms with Crippen LogP contribution >= 0.6 is 11.6 Å². The Morgan fingerprint density at radius 2 is 2.00 bits per heavy atom. The molecule has 0 aromatic heterocycles. The molecule has 0 bridgehead atoms. The molecule has 89 valence electrons. The number of aliphatic hydroxyl groups is 1. The highest BCUT2D eigenvalue weighted by Crippen LogP contribution is 2.32. The van der Waals surface area contributed by atoms with Crippen molar-refractivity contribution in [3.8, 4) is 0 Å². The average Bonchev–Trinajstić information content (AvgIpc) is 2.82. The van der Waals surface area contributed by atoms with E-state index in [1.54, 1.807) is 13.5 Å². The second-order valence-corrected chi connectivity index (χ2v) is 4.70. The van der Waals surface area contributed by atoms with Gasteiger partial charge in [0.2, 0.25) is 0 Å². The molecule has 0 fully saturated rings. The zero-order valence-electron chi connectivity index (χ0n) is 9.64. The Hall–Kier alpha value is -1.29. The first-order valence-corrected chi connectivity index (χ1v) is 6.14. The highest BCUT2D eigenvalue weighted by molar-refractivity contribution is 6.49. The smallest absolute Gasteiger partial charge is 0.331 e. The van der Waals surface area contributed by atoms with Crippen molar-refractivity contribution in [1.82, 2.24) is 0 Å². The van der Waals surface area contributed by atoms with Crippen LogP contribution in [0.4, 0.5) is 0 Å². The van der Waals surface area contributed by atoms with Gasteiger partial charge in [-0.3, -0.25) is 0 Å². The summed E-state index contributed by atoms with van der Waals surface area (Å²) >= 11 is 5.94. The second-order valence-electron chi connectivity index (χ2n) is 4.26. The van der Waals surface area contributed by atoms with Crippen LogP contribution in [0.15, 0.2) is 42.5 Å². The standard InChI is InChI=1S/C14H11BClO2/c16-10-5-6-11(9(7-10)8-17)14-12-3-1-2-4-13(12)15-18-14/h1-7,14,17H,8H2. The molecule has 0 spiro atoms. The maximum Gasteiger partial charge on any atom is 0.331 e. The van der Waals surface area contributed by atoms with E-state index in [1.165, 1.54) is 0 Å². The lowest BCUT2D eigenvalue weighted by Gasteiger charge is -2.16. The number of benzene rings is 2. The van der Waals surface area contributed by atoms with Crippen LogP contribution in [0.2, 0.25) is 5.02 Å². The Morgan fingerprint density at radius 1 is 1.17 bits per heavy atom. The van der Waals surface area contributed by atoms with Crippen LogP contribution in [0.3, 0.4) is 0 Å². The van der Waals surface area contributed by atoms with Crippen molar-refractivity contribution in [2.24, 2.45) is 0 Å². The van der Waals surface area contributed by atoms with E-state index in [2.05, 4.69) is 0 Å². The first-order chi connectivity index (χ1) is 8.79. The number of hydrogen-bond acceptors (Lipinski definition) is 2.